The highest BCUT2D eigenvalue weighted by molar-refractivity contribution is 5.85. The monoisotopic (exact) mass is 232 g/mol. The summed E-state index contributed by atoms with van der Waals surface area (Å²) in [6, 6.07) is -2.93. The average molecular weight is 233 g/mol. The Balaban J connectivity index is 0.000000720. The summed E-state index contributed by atoms with van der Waals surface area (Å²) in [5.41, 5.74) is 0.418. The van der Waals surface area contributed by atoms with E-state index in [4.69, 9.17) is 0 Å². The van der Waals surface area contributed by atoms with Crippen molar-refractivity contribution in [2.45, 2.75) is 12.6 Å². The molecule has 0 radical (unpaired) electrons. The van der Waals surface area contributed by atoms with Gasteiger partial charge in [-0.2, -0.15) is 13.5 Å². The molecule has 0 unspecified atom stereocenters. The Morgan fingerprint density at radius 3 is 2.77 bits per heavy atom. The van der Waals surface area contributed by atoms with Gasteiger partial charge in [0.15, 0.2) is 0 Å². The standard InChI is InChI=1S/C5H6F2N4.2ClH/c6-5(7)3-8-1-4-2-9-10-11(4)5;;/h2,8H,1,3H2;2*1H. The lowest BCUT2D eigenvalue weighted by molar-refractivity contribution is -0.102. The average Bonchev–Trinajstić information content (AvgIpc) is 2.34. The summed E-state index contributed by atoms with van der Waals surface area (Å²) in [5.74, 6) is 0. The number of nitrogens with zero attached hydrogens (tertiary/aromatic N) is 3. The molecule has 1 aliphatic rings. The van der Waals surface area contributed by atoms with Crippen molar-refractivity contribution in [3.8, 4) is 0 Å². The summed E-state index contributed by atoms with van der Waals surface area (Å²) < 4.78 is 26.3. The Bertz CT molecular complexity index is 277. The summed E-state index contributed by atoms with van der Waals surface area (Å²) >= 11 is 0. The van der Waals surface area contributed by atoms with E-state index in [0.717, 1.165) is 0 Å². The van der Waals surface area contributed by atoms with Crippen molar-refractivity contribution in [3.63, 3.8) is 0 Å². The minimum atomic E-state index is -2.93. The first-order chi connectivity index (χ1) is 5.20. The van der Waals surface area contributed by atoms with Gasteiger partial charge in [-0.25, -0.2) is 0 Å². The first kappa shape index (κ1) is 12.5. The second-order valence-electron chi connectivity index (χ2n) is 2.41. The van der Waals surface area contributed by atoms with Gasteiger partial charge in [0.25, 0.3) is 0 Å². The number of aromatic nitrogens is 3. The van der Waals surface area contributed by atoms with E-state index in [9.17, 15) is 8.78 Å². The lowest BCUT2D eigenvalue weighted by Gasteiger charge is -2.23. The van der Waals surface area contributed by atoms with Crippen molar-refractivity contribution in [1.29, 1.82) is 0 Å². The molecule has 1 aliphatic heterocycles. The highest BCUT2D eigenvalue weighted by Crippen LogP contribution is 2.22. The van der Waals surface area contributed by atoms with Crippen LogP contribution in [0.3, 0.4) is 0 Å². The highest BCUT2D eigenvalue weighted by atomic mass is 35.5. The second kappa shape index (κ2) is 4.17. The molecule has 8 heteroatoms. The van der Waals surface area contributed by atoms with Crippen LogP contribution >= 0.6 is 24.8 Å². The Morgan fingerprint density at radius 2 is 2.15 bits per heavy atom. The lowest BCUT2D eigenvalue weighted by Crippen LogP contribution is -2.42. The molecule has 0 fully saturated rings. The Labute approximate surface area is 85.5 Å². The molecular weight excluding hydrogens is 225 g/mol. The summed E-state index contributed by atoms with van der Waals surface area (Å²) in [7, 11) is 0. The van der Waals surface area contributed by atoms with E-state index in [-0.39, 0.29) is 31.4 Å². The van der Waals surface area contributed by atoms with Gasteiger partial charge in [-0.1, -0.05) is 5.21 Å². The maximum Gasteiger partial charge on any atom is 0.357 e. The van der Waals surface area contributed by atoms with Crippen LogP contribution in [0.2, 0.25) is 0 Å². The van der Waals surface area contributed by atoms with Crippen LogP contribution in [0.5, 0.6) is 0 Å². The van der Waals surface area contributed by atoms with Gasteiger partial charge in [-0.05, 0) is 0 Å². The minimum Gasteiger partial charge on any atom is -0.304 e. The summed E-state index contributed by atoms with van der Waals surface area (Å²) in [5, 5.41) is 9.25. The molecule has 0 aliphatic carbocycles. The molecule has 1 N–H and O–H groups in total. The summed E-state index contributed by atoms with van der Waals surface area (Å²) in [6.07, 6.45) is 1.33. The largest absolute Gasteiger partial charge is 0.357 e. The van der Waals surface area contributed by atoms with Crippen LogP contribution in [-0.4, -0.2) is 21.5 Å². The Morgan fingerprint density at radius 1 is 1.46 bits per heavy atom. The Kier molecular flexibility index (Phi) is 4.02. The van der Waals surface area contributed by atoms with Gasteiger partial charge < -0.3 is 5.32 Å². The van der Waals surface area contributed by atoms with Crippen molar-refractivity contribution < 1.29 is 8.78 Å². The SMILES string of the molecule is Cl.Cl.FC1(F)CNCc2cnnn21. The van der Waals surface area contributed by atoms with Crippen molar-refractivity contribution in [1.82, 2.24) is 20.3 Å². The molecule has 0 atom stereocenters. The van der Waals surface area contributed by atoms with Crippen LogP contribution in [0.15, 0.2) is 6.20 Å². The molecule has 2 rings (SSSR count). The molecule has 13 heavy (non-hydrogen) atoms. The fraction of sp³-hybridized carbons (Fsp3) is 0.600. The third-order valence-electron chi connectivity index (χ3n) is 1.57. The van der Waals surface area contributed by atoms with Gasteiger partial charge in [0, 0.05) is 6.54 Å². The van der Waals surface area contributed by atoms with Gasteiger partial charge in [-0.3, -0.25) is 0 Å². The smallest absolute Gasteiger partial charge is 0.304 e. The van der Waals surface area contributed by atoms with E-state index in [1.54, 1.807) is 0 Å². The molecule has 2 heterocycles. The number of halogens is 4. The number of fused-ring (bicyclic) bond motifs is 1. The van der Waals surface area contributed by atoms with Crippen LogP contribution in [0.4, 0.5) is 8.78 Å². The molecule has 1 aromatic rings. The maximum absolute atomic E-state index is 12.8. The maximum atomic E-state index is 12.8. The van der Waals surface area contributed by atoms with E-state index < -0.39 is 6.05 Å². The fourth-order valence-corrected chi connectivity index (χ4v) is 1.07. The summed E-state index contributed by atoms with van der Waals surface area (Å²) in [4.78, 5) is 0. The molecule has 4 nitrogen and oxygen atoms in total. The quantitative estimate of drug-likeness (QED) is 0.719. The van der Waals surface area contributed by atoms with E-state index >= 15 is 0 Å². The molecule has 0 aromatic carbocycles. The minimum absolute atomic E-state index is 0. The van der Waals surface area contributed by atoms with Gasteiger partial charge in [0.2, 0.25) is 0 Å². The van der Waals surface area contributed by atoms with Gasteiger partial charge in [-0.15, -0.1) is 29.9 Å². The molecule has 0 amide bonds. The van der Waals surface area contributed by atoms with Crippen molar-refractivity contribution >= 4 is 24.8 Å². The molecule has 0 bridgehead atoms. The Hall–Kier alpha value is -0.460. The predicted molar refractivity (Wildman–Crippen MR) is 46.4 cm³/mol. The molecule has 76 valence electrons. The first-order valence-electron chi connectivity index (χ1n) is 3.19. The normalized spacial score (nSPS) is 18.0. The van der Waals surface area contributed by atoms with Gasteiger partial charge in [0.1, 0.15) is 0 Å². The second-order valence-corrected chi connectivity index (χ2v) is 2.41. The van der Waals surface area contributed by atoms with Crippen LogP contribution in [0.25, 0.3) is 0 Å². The predicted octanol–water partition coefficient (Wildman–Crippen LogP) is 0.774. The van der Waals surface area contributed by atoms with Crippen molar-refractivity contribution in [2.75, 3.05) is 6.54 Å². The number of hydrogen-bond acceptors (Lipinski definition) is 3. The summed E-state index contributed by atoms with van der Waals surface area (Å²) in [6.45, 7) is 0.0337. The number of rotatable bonds is 0. The van der Waals surface area contributed by atoms with Crippen molar-refractivity contribution in [3.05, 3.63) is 11.9 Å². The topological polar surface area (TPSA) is 42.7 Å². The number of alkyl halides is 2. The van der Waals surface area contributed by atoms with E-state index in [2.05, 4.69) is 15.6 Å². The fourth-order valence-electron chi connectivity index (χ4n) is 1.07. The van der Waals surface area contributed by atoms with E-state index in [1.165, 1.54) is 6.20 Å². The van der Waals surface area contributed by atoms with Crippen LogP contribution in [0.1, 0.15) is 5.69 Å². The zero-order valence-corrected chi connectivity index (χ0v) is 8.04. The number of hydrogen-bond donors (Lipinski definition) is 1. The molecule has 0 saturated carbocycles. The zero-order valence-electron chi connectivity index (χ0n) is 6.41. The highest BCUT2D eigenvalue weighted by Gasteiger charge is 2.37. The van der Waals surface area contributed by atoms with Gasteiger partial charge in [0.05, 0.1) is 18.4 Å². The van der Waals surface area contributed by atoms with Crippen molar-refractivity contribution in [2.24, 2.45) is 0 Å². The molecular formula is C5H8Cl2F2N4. The first-order valence-corrected chi connectivity index (χ1v) is 3.19. The van der Waals surface area contributed by atoms with Crippen LogP contribution < -0.4 is 5.32 Å². The third-order valence-corrected chi connectivity index (χ3v) is 1.57. The van der Waals surface area contributed by atoms with Crippen LogP contribution in [0, 0.1) is 0 Å². The third kappa shape index (κ3) is 2.07. The molecule has 1 aromatic heterocycles. The van der Waals surface area contributed by atoms with E-state index in [1.807, 2.05) is 0 Å². The lowest BCUT2D eigenvalue weighted by atomic mass is 10.3. The molecule has 0 spiro atoms. The molecule has 0 saturated heterocycles. The van der Waals surface area contributed by atoms with Gasteiger partial charge >= 0.3 is 6.05 Å². The van der Waals surface area contributed by atoms with Crippen LogP contribution in [-0.2, 0) is 12.6 Å². The number of nitrogens with one attached hydrogen (secondary N) is 1. The van der Waals surface area contributed by atoms with E-state index in [0.29, 0.717) is 16.9 Å². The zero-order chi connectivity index (χ0) is 7.90.